The molecule has 170 valence electrons. The molecule has 0 aliphatic heterocycles. The quantitative estimate of drug-likeness (QED) is 0.295. The molecule has 4 aromatic rings. The molecule has 4 rings (SSSR count). The van der Waals surface area contributed by atoms with Crippen molar-refractivity contribution in [3.05, 3.63) is 81.2 Å². The fourth-order valence-electron chi connectivity index (χ4n) is 3.44. The first-order valence-corrected chi connectivity index (χ1v) is 12.0. The van der Waals surface area contributed by atoms with Crippen molar-refractivity contribution >= 4 is 46.0 Å². The summed E-state index contributed by atoms with van der Waals surface area (Å²) in [5.74, 6) is -0.0875. The molecule has 1 N–H and O–H groups in total. The Kier molecular flexibility index (Phi) is 7.15. The second-order valence-electron chi connectivity index (χ2n) is 7.55. The van der Waals surface area contributed by atoms with Crippen LogP contribution in [0, 0.1) is 6.92 Å². The van der Waals surface area contributed by atoms with Crippen molar-refractivity contribution in [2.24, 2.45) is 0 Å². The van der Waals surface area contributed by atoms with E-state index in [0.717, 1.165) is 11.1 Å². The van der Waals surface area contributed by atoms with E-state index in [1.54, 1.807) is 27.6 Å². The number of hydrogen-bond acceptors (Lipinski definition) is 5. The minimum atomic E-state index is -0.197. The second kappa shape index (κ2) is 10.2. The monoisotopic (exact) mass is 481 g/mol. The smallest absolute Gasteiger partial charge is 0.282 e. The van der Waals surface area contributed by atoms with E-state index in [-0.39, 0.29) is 17.2 Å². The Morgan fingerprint density at radius 2 is 1.94 bits per heavy atom. The molecular weight excluding hydrogens is 458 g/mol. The first kappa shape index (κ1) is 23.1. The van der Waals surface area contributed by atoms with Crippen molar-refractivity contribution in [3.63, 3.8) is 0 Å². The third-order valence-electron chi connectivity index (χ3n) is 5.30. The van der Waals surface area contributed by atoms with Gasteiger partial charge in [0.1, 0.15) is 5.52 Å². The van der Waals surface area contributed by atoms with Gasteiger partial charge in [-0.3, -0.25) is 18.8 Å². The Balaban J connectivity index is 1.58. The molecule has 0 radical (unpaired) electrons. The van der Waals surface area contributed by atoms with Gasteiger partial charge >= 0.3 is 0 Å². The molecule has 0 fully saturated rings. The van der Waals surface area contributed by atoms with E-state index in [1.165, 1.54) is 11.8 Å². The third-order valence-corrected chi connectivity index (χ3v) is 6.69. The van der Waals surface area contributed by atoms with Crippen LogP contribution in [0.5, 0.6) is 0 Å². The van der Waals surface area contributed by atoms with Crippen LogP contribution < -0.4 is 10.9 Å². The Morgan fingerprint density at radius 1 is 1.15 bits per heavy atom. The van der Waals surface area contributed by atoms with E-state index >= 15 is 0 Å². The topological polar surface area (TPSA) is 81.8 Å². The average molecular weight is 482 g/mol. The summed E-state index contributed by atoms with van der Waals surface area (Å²) in [5, 5.41) is 8.35. The molecule has 2 heterocycles. The maximum Gasteiger partial charge on any atom is 0.282 e. The summed E-state index contributed by atoms with van der Waals surface area (Å²) >= 11 is 7.39. The molecule has 0 aliphatic carbocycles. The highest BCUT2D eigenvalue weighted by Crippen LogP contribution is 2.24. The van der Waals surface area contributed by atoms with Crippen LogP contribution in [0.25, 0.3) is 11.0 Å². The maximum atomic E-state index is 13.2. The van der Waals surface area contributed by atoms with Crippen molar-refractivity contribution in [2.75, 3.05) is 11.1 Å². The Labute approximate surface area is 200 Å². The maximum absolute atomic E-state index is 13.2. The Morgan fingerprint density at radius 3 is 2.70 bits per heavy atom. The summed E-state index contributed by atoms with van der Waals surface area (Å²) < 4.78 is 3.31. The first-order chi connectivity index (χ1) is 16.0. The van der Waals surface area contributed by atoms with Gasteiger partial charge in [0.15, 0.2) is 10.7 Å². The number of aryl methyl sites for hydroxylation is 2. The number of hydrogen-bond donors (Lipinski definition) is 1. The summed E-state index contributed by atoms with van der Waals surface area (Å²) in [6.45, 7) is 4.90. The lowest BCUT2D eigenvalue weighted by atomic mass is 10.1. The number of rotatable bonds is 8. The third kappa shape index (κ3) is 5.29. The molecule has 2 aromatic carbocycles. The van der Waals surface area contributed by atoms with E-state index in [4.69, 9.17) is 11.6 Å². The van der Waals surface area contributed by atoms with Gasteiger partial charge in [-0.25, -0.2) is 4.98 Å². The number of nitrogens with zero attached hydrogens (tertiary/aromatic N) is 4. The average Bonchev–Trinajstić information content (AvgIpc) is 3.24. The zero-order chi connectivity index (χ0) is 23.4. The highest BCUT2D eigenvalue weighted by molar-refractivity contribution is 7.99. The number of carbonyl (C=O) groups excluding carboxylic acids is 1. The van der Waals surface area contributed by atoms with Gasteiger partial charge in [0, 0.05) is 23.8 Å². The van der Waals surface area contributed by atoms with E-state index in [2.05, 4.69) is 15.4 Å². The Bertz CT molecular complexity index is 1350. The van der Waals surface area contributed by atoms with E-state index < -0.39 is 0 Å². The molecular formula is C24H24ClN5O2S. The van der Waals surface area contributed by atoms with Crippen LogP contribution in [0.3, 0.4) is 0 Å². The molecule has 0 atom stereocenters. The van der Waals surface area contributed by atoms with Crippen LogP contribution in [0.1, 0.15) is 18.1 Å². The predicted molar refractivity (Wildman–Crippen MR) is 133 cm³/mol. The normalized spacial score (nSPS) is 11.1. The fraction of sp³-hybridized carbons (Fsp3) is 0.250. The summed E-state index contributed by atoms with van der Waals surface area (Å²) in [5.41, 5.74) is 3.27. The summed E-state index contributed by atoms with van der Waals surface area (Å²) in [7, 11) is 0. The number of anilines is 1. The molecule has 0 aliphatic rings. The molecule has 0 spiro atoms. The lowest BCUT2D eigenvalue weighted by Gasteiger charge is -2.12. The molecule has 0 saturated carbocycles. The number of amides is 1. The molecule has 0 saturated heterocycles. The molecule has 1 amide bonds. The van der Waals surface area contributed by atoms with E-state index in [0.29, 0.717) is 46.4 Å². The summed E-state index contributed by atoms with van der Waals surface area (Å²) in [4.78, 5) is 30.5. The van der Waals surface area contributed by atoms with Gasteiger partial charge < -0.3 is 5.32 Å². The largest absolute Gasteiger partial charge is 0.325 e. The van der Waals surface area contributed by atoms with Gasteiger partial charge in [0.05, 0.1) is 11.9 Å². The van der Waals surface area contributed by atoms with Crippen molar-refractivity contribution in [2.45, 2.75) is 38.5 Å². The van der Waals surface area contributed by atoms with E-state index in [1.807, 2.05) is 50.2 Å². The number of fused-ring (bicyclic) bond motifs is 1. The predicted octanol–water partition coefficient (Wildman–Crippen LogP) is 4.55. The molecule has 7 nitrogen and oxygen atoms in total. The molecule has 2 aromatic heterocycles. The number of aromatic nitrogens is 4. The van der Waals surface area contributed by atoms with Crippen LogP contribution in [0.15, 0.2) is 64.7 Å². The molecule has 0 bridgehead atoms. The number of halogens is 1. The lowest BCUT2D eigenvalue weighted by molar-refractivity contribution is -0.113. The SMILES string of the molecule is CCn1cc2nc(SCC(=O)Nc3cccc(Cl)c3C)n(CCc3ccccc3)c(=O)c2n1. The minimum absolute atomic E-state index is 0.108. The number of carbonyl (C=O) groups is 1. The van der Waals surface area contributed by atoms with Crippen molar-refractivity contribution in [1.29, 1.82) is 0 Å². The van der Waals surface area contributed by atoms with Crippen LogP contribution in [0.4, 0.5) is 5.69 Å². The highest BCUT2D eigenvalue weighted by Gasteiger charge is 2.16. The highest BCUT2D eigenvalue weighted by atomic mass is 35.5. The van der Waals surface area contributed by atoms with Gasteiger partial charge in [0.25, 0.3) is 5.56 Å². The molecule has 9 heteroatoms. The standard InChI is InChI=1S/C24H24ClN5O2S/c1-3-29-14-20-22(28-29)23(32)30(13-12-17-8-5-4-6-9-17)24(27-20)33-15-21(31)26-19-11-7-10-18(25)16(19)2/h4-11,14H,3,12-13,15H2,1-2H3,(H,26,31). The minimum Gasteiger partial charge on any atom is -0.325 e. The van der Waals surface area contributed by atoms with Crippen molar-refractivity contribution in [3.8, 4) is 0 Å². The van der Waals surface area contributed by atoms with Crippen LogP contribution in [-0.4, -0.2) is 31.0 Å². The van der Waals surface area contributed by atoms with Crippen molar-refractivity contribution < 1.29 is 4.79 Å². The van der Waals surface area contributed by atoms with Gasteiger partial charge in [0.2, 0.25) is 5.91 Å². The first-order valence-electron chi connectivity index (χ1n) is 10.7. The van der Waals surface area contributed by atoms with Gasteiger partial charge in [-0.05, 0) is 43.5 Å². The zero-order valence-corrected chi connectivity index (χ0v) is 20.0. The fourth-order valence-corrected chi connectivity index (χ4v) is 4.44. The second-order valence-corrected chi connectivity index (χ2v) is 8.90. The number of benzene rings is 2. The molecule has 33 heavy (non-hydrogen) atoms. The Hall–Kier alpha value is -3.10. The summed E-state index contributed by atoms with van der Waals surface area (Å²) in [6.07, 6.45) is 2.43. The van der Waals surface area contributed by atoms with Crippen LogP contribution >= 0.6 is 23.4 Å². The lowest BCUT2D eigenvalue weighted by Crippen LogP contribution is -2.25. The van der Waals surface area contributed by atoms with Gasteiger partial charge in [-0.2, -0.15) is 5.10 Å². The van der Waals surface area contributed by atoms with Crippen LogP contribution in [0.2, 0.25) is 5.02 Å². The van der Waals surface area contributed by atoms with Crippen LogP contribution in [-0.2, 0) is 24.3 Å². The number of thioether (sulfide) groups is 1. The van der Waals surface area contributed by atoms with Crippen molar-refractivity contribution in [1.82, 2.24) is 19.3 Å². The molecule has 0 unspecified atom stereocenters. The number of nitrogens with one attached hydrogen (secondary N) is 1. The van der Waals surface area contributed by atoms with E-state index in [9.17, 15) is 9.59 Å². The van der Waals surface area contributed by atoms with Gasteiger partial charge in [-0.1, -0.05) is 59.8 Å². The zero-order valence-electron chi connectivity index (χ0n) is 18.4. The summed E-state index contributed by atoms with van der Waals surface area (Å²) in [6, 6.07) is 15.3. The van der Waals surface area contributed by atoms with Gasteiger partial charge in [-0.15, -0.1) is 0 Å².